The molecule has 0 radical (unpaired) electrons. The number of carbonyl (C=O) groups is 2. The number of carbonyl (C=O) groups excluding carboxylic acids is 1. The third-order valence-electron chi connectivity index (χ3n) is 8.98. The maximum atomic E-state index is 11.8. The van der Waals surface area contributed by atoms with Gasteiger partial charge in [0, 0.05) is 35.5 Å². The number of carboxylic acids is 1. The van der Waals surface area contributed by atoms with Crippen LogP contribution in [-0.2, 0) is 90.1 Å². The summed E-state index contributed by atoms with van der Waals surface area (Å²) in [6.45, 7) is 11.6. The second-order valence-corrected chi connectivity index (χ2v) is 17.0. The molecule has 0 aliphatic carbocycles. The molecule has 81 heavy (non-hydrogen) atoms. The molecule has 0 saturated carbocycles. The Balaban J connectivity index is 0. The van der Waals surface area contributed by atoms with E-state index in [4.69, 9.17) is 106 Å². The minimum atomic E-state index is -3.36. The third kappa shape index (κ3) is 49.8. The second-order valence-electron chi connectivity index (χ2n) is 15.3. The minimum absolute atomic E-state index is 0.0169. The number of hydrogen-bond acceptors (Lipinski definition) is 28. The summed E-state index contributed by atoms with van der Waals surface area (Å²) in [5.41, 5.74) is -0.0490. The van der Waals surface area contributed by atoms with Crippen molar-refractivity contribution in [3.05, 3.63) is 35.4 Å². The van der Waals surface area contributed by atoms with E-state index in [1.165, 1.54) is 19.2 Å². The Labute approximate surface area is 475 Å². The summed E-state index contributed by atoms with van der Waals surface area (Å²) in [5.74, 6) is -2.97. The van der Waals surface area contributed by atoms with E-state index in [1.807, 2.05) is 0 Å². The molecular formula is C51H90O29S. The van der Waals surface area contributed by atoms with Crippen LogP contribution in [0.4, 0.5) is 0 Å². The van der Waals surface area contributed by atoms with Crippen molar-refractivity contribution in [2.75, 3.05) is 247 Å². The van der Waals surface area contributed by atoms with Crippen LogP contribution in [0.25, 0.3) is 0 Å². The monoisotopic (exact) mass is 1200 g/mol. The van der Waals surface area contributed by atoms with Crippen LogP contribution < -0.4 is 14.2 Å². The lowest BCUT2D eigenvalue weighted by Gasteiger charge is -2.18. The standard InChI is InChI=1S/C28H48O14.C8H18O6S.C8H8O5.C7H16O4/c1-31-4-7-34-10-13-37-16-19-40-25-22-24(28(29)30)23-26(41-20-17-38-14-11-35-8-5-32-2)27(25)42-21-18-39-15-12-36-9-6-33-3;1-11-3-4-12-5-6-13-7-8-14-15(2,9)10;1-13-8(12)4-2-5(9)7(11)6(10)3-4;1-9-4-5-11-7-6-10-3-2-8/h22-23H,4-21H2,1-3H3,(H,29,30);3-8H2,1-2H3;2-3,9-11H,1H3;8H,2-7H2,1H3. The van der Waals surface area contributed by atoms with Crippen molar-refractivity contribution < 1.29 is 138 Å². The van der Waals surface area contributed by atoms with Gasteiger partial charge >= 0.3 is 11.9 Å². The predicted octanol–water partition coefficient (Wildman–Crippen LogP) is 1.45. The van der Waals surface area contributed by atoms with Crippen LogP contribution >= 0.6 is 0 Å². The van der Waals surface area contributed by atoms with Gasteiger partial charge in [-0.1, -0.05) is 0 Å². The first-order chi connectivity index (χ1) is 39.2. The average Bonchev–Trinajstić information content (AvgIpc) is 3.50. The molecule has 29 nitrogen and oxygen atoms in total. The normalized spacial score (nSPS) is 10.9. The number of aromatic hydroxyl groups is 3. The topological polar surface area (TPSA) is 354 Å². The predicted molar refractivity (Wildman–Crippen MR) is 288 cm³/mol. The number of carboxylic acid groups (broad SMARTS) is 1. The van der Waals surface area contributed by atoms with Crippen LogP contribution in [0.2, 0.25) is 0 Å². The van der Waals surface area contributed by atoms with E-state index >= 15 is 0 Å². The molecule has 2 aromatic carbocycles. The smallest absolute Gasteiger partial charge is 0.338 e. The zero-order valence-corrected chi connectivity index (χ0v) is 48.8. The Morgan fingerprint density at radius 3 is 0.963 bits per heavy atom. The van der Waals surface area contributed by atoms with Crippen molar-refractivity contribution in [3.63, 3.8) is 0 Å². The molecule has 0 aliphatic heterocycles. The van der Waals surface area contributed by atoms with E-state index in [1.54, 1.807) is 35.5 Å². The van der Waals surface area contributed by atoms with E-state index in [-0.39, 0.29) is 87.8 Å². The van der Waals surface area contributed by atoms with Crippen LogP contribution in [0, 0.1) is 0 Å². The molecule has 0 amide bonds. The molecular weight excluding hydrogens is 1110 g/mol. The fourth-order valence-electron chi connectivity index (χ4n) is 5.15. The maximum Gasteiger partial charge on any atom is 0.338 e. The molecule has 30 heteroatoms. The van der Waals surface area contributed by atoms with Crippen molar-refractivity contribution in [1.29, 1.82) is 0 Å². The Morgan fingerprint density at radius 2 is 0.679 bits per heavy atom. The first kappa shape index (κ1) is 78.5. The van der Waals surface area contributed by atoms with Gasteiger partial charge in [-0.05, 0) is 24.3 Å². The SMILES string of the molecule is COC(=O)c1cc(O)c(O)c(O)c1.COCCOCCOCCO.COCCOCCOCCOS(C)(=O)=O.COCCOCCOCCOc1cc(C(=O)O)cc(OCCOCCOCCOC)c1OCCOCCOCCOC. The maximum absolute atomic E-state index is 11.8. The Morgan fingerprint density at radius 1 is 0.395 bits per heavy atom. The Hall–Kier alpha value is -4.55. The molecule has 0 atom stereocenters. The molecule has 0 fully saturated rings. The van der Waals surface area contributed by atoms with Crippen LogP contribution in [0.15, 0.2) is 24.3 Å². The molecule has 0 saturated heterocycles. The molecule has 2 rings (SSSR count). The summed E-state index contributed by atoms with van der Waals surface area (Å²) < 4.78 is 125. The van der Waals surface area contributed by atoms with Crippen LogP contribution in [0.5, 0.6) is 34.5 Å². The van der Waals surface area contributed by atoms with Crippen molar-refractivity contribution in [2.24, 2.45) is 0 Å². The number of aliphatic hydroxyl groups is 1. The Bertz CT molecular complexity index is 1800. The lowest BCUT2D eigenvalue weighted by molar-refractivity contribution is 0.0146. The fraction of sp³-hybridized carbons (Fsp3) is 0.725. The number of benzene rings is 2. The van der Waals surface area contributed by atoms with Gasteiger partial charge in [0.2, 0.25) is 5.75 Å². The van der Waals surface area contributed by atoms with Crippen LogP contribution in [0.3, 0.4) is 0 Å². The summed E-state index contributed by atoms with van der Waals surface area (Å²) in [4.78, 5) is 22.7. The highest BCUT2D eigenvalue weighted by atomic mass is 32.2. The van der Waals surface area contributed by atoms with Gasteiger partial charge in [-0.3, -0.25) is 4.18 Å². The molecule has 0 aliphatic rings. The van der Waals surface area contributed by atoms with E-state index in [0.29, 0.717) is 139 Å². The van der Waals surface area contributed by atoms with Crippen LogP contribution in [-0.4, -0.2) is 293 Å². The second kappa shape index (κ2) is 57.3. The molecule has 0 heterocycles. The highest BCUT2D eigenvalue weighted by molar-refractivity contribution is 7.85. The van der Waals surface area contributed by atoms with Gasteiger partial charge in [-0.2, -0.15) is 8.42 Å². The number of ether oxygens (including phenoxy) is 19. The quantitative estimate of drug-likeness (QED) is 0.0271. The summed E-state index contributed by atoms with van der Waals surface area (Å²) in [6.07, 6.45) is 1.00. The number of aliphatic hydroxyl groups excluding tert-OH is 1. The first-order valence-electron chi connectivity index (χ1n) is 25.5. The zero-order chi connectivity index (χ0) is 60.5. The van der Waals surface area contributed by atoms with E-state index in [0.717, 1.165) is 18.4 Å². The van der Waals surface area contributed by atoms with Gasteiger partial charge in [0.25, 0.3) is 10.1 Å². The minimum Gasteiger partial charge on any atom is -0.504 e. The molecule has 5 N–H and O–H groups in total. The van der Waals surface area contributed by atoms with Crippen molar-refractivity contribution in [3.8, 4) is 34.5 Å². The van der Waals surface area contributed by atoms with E-state index in [2.05, 4.69) is 8.92 Å². The summed E-state index contributed by atoms with van der Waals surface area (Å²) >= 11 is 0. The fourth-order valence-corrected chi connectivity index (χ4v) is 5.52. The van der Waals surface area contributed by atoms with Gasteiger partial charge in [-0.25, -0.2) is 9.59 Å². The molecule has 474 valence electrons. The van der Waals surface area contributed by atoms with E-state index in [9.17, 15) is 23.1 Å². The molecule has 0 unspecified atom stereocenters. The number of phenols is 3. The lowest BCUT2D eigenvalue weighted by atomic mass is 10.2. The lowest BCUT2D eigenvalue weighted by Crippen LogP contribution is -2.16. The van der Waals surface area contributed by atoms with Gasteiger partial charge in [0.1, 0.15) is 19.8 Å². The van der Waals surface area contributed by atoms with Crippen molar-refractivity contribution in [2.45, 2.75) is 0 Å². The summed E-state index contributed by atoms with van der Waals surface area (Å²) in [6, 6.07) is 4.77. The summed E-state index contributed by atoms with van der Waals surface area (Å²) in [5, 5.41) is 44.9. The molecule has 0 spiro atoms. The average molecular weight is 1200 g/mol. The molecule has 0 aromatic heterocycles. The number of rotatable bonds is 50. The van der Waals surface area contributed by atoms with Crippen LogP contribution in [0.1, 0.15) is 20.7 Å². The van der Waals surface area contributed by atoms with Gasteiger partial charge in [0.05, 0.1) is 203 Å². The highest BCUT2D eigenvalue weighted by Gasteiger charge is 2.19. The highest BCUT2D eigenvalue weighted by Crippen LogP contribution is 2.39. The van der Waals surface area contributed by atoms with Crippen molar-refractivity contribution >= 4 is 22.1 Å². The number of phenolic OH excluding ortho intramolecular Hbond substituents is 3. The number of methoxy groups -OCH3 is 6. The molecule has 0 bridgehead atoms. The largest absolute Gasteiger partial charge is 0.504 e. The number of hydrogen-bond donors (Lipinski definition) is 5. The van der Waals surface area contributed by atoms with Gasteiger partial charge < -0.3 is 116 Å². The zero-order valence-electron chi connectivity index (χ0n) is 48.0. The Kier molecular flexibility index (Phi) is 55.5. The van der Waals surface area contributed by atoms with Crippen molar-refractivity contribution in [1.82, 2.24) is 0 Å². The van der Waals surface area contributed by atoms with E-state index < -0.39 is 39.3 Å². The third-order valence-corrected chi connectivity index (χ3v) is 9.58. The number of esters is 1. The first-order valence-corrected chi connectivity index (χ1v) is 27.3. The van der Waals surface area contributed by atoms with Gasteiger partial charge in [0.15, 0.2) is 28.7 Å². The van der Waals surface area contributed by atoms with Gasteiger partial charge in [-0.15, -0.1) is 0 Å². The summed E-state index contributed by atoms with van der Waals surface area (Å²) in [7, 11) is 5.86. The molecule has 2 aromatic rings. The number of aromatic carboxylic acids is 1.